The molecule has 0 spiro atoms. The molecular weight excluding hydrogens is 162 g/mol. The second-order valence-electron chi connectivity index (χ2n) is 4.59. The van der Waals surface area contributed by atoms with Crippen molar-refractivity contribution in [2.45, 2.75) is 57.1 Å². The molecule has 1 aliphatic heterocycles. The molecule has 1 heterocycles. The fourth-order valence-corrected chi connectivity index (χ4v) is 2.80. The molecule has 2 atom stereocenters. The highest BCUT2D eigenvalue weighted by molar-refractivity contribution is 4.86. The van der Waals surface area contributed by atoms with E-state index in [-0.39, 0.29) is 6.10 Å². The minimum Gasteiger partial charge on any atom is -0.391 e. The molecule has 0 bridgehead atoms. The van der Waals surface area contributed by atoms with Crippen molar-refractivity contribution in [3.05, 3.63) is 0 Å². The molecule has 1 saturated carbocycles. The number of aliphatic hydroxyl groups excluding tert-OH is 1. The van der Waals surface area contributed by atoms with Crippen molar-refractivity contribution >= 4 is 0 Å². The van der Waals surface area contributed by atoms with Gasteiger partial charge in [0, 0.05) is 6.04 Å². The van der Waals surface area contributed by atoms with Gasteiger partial charge in [0.15, 0.2) is 0 Å². The quantitative estimate of drug-likeness (QED) is 0.682. The zero-order valence-corrected chi connectivity index (χ0v) is 8.34. The van der Waals surface area contributed by atoms with Crippen LogP contribution < -0.4 is 5.32 Å². The van der Waals surface area contributed by atoms with Gasteiger partial charge >= 0.3 is 0 Å². The minimum absolute atomic E-state index is 0.0669. The van der Waals surface area contributed by atoms with E-state index in [2.05, 4.69) is 5.32 Å². The van der Waals surface area contributed by atoms with Crippen molar-refractivity contribution in [1.82, 2.24) is 5.32 Å². The van der Waals surface area contributed by atoms with Gasteiger partial charge in [-0.2, -0.15) is 0 Å². The van der Waals surface area contributed by atoms with Crippen LogP contribution in [0, 0.1) is 5.92 Å². The molecule has 2 heteroatoms. The first-order valence-electron chi connectivity index (χ1n) is 5.79. The van der Waals surface area contributed by atoms with Crippen LogP contribution in [0.1, 0.15) is 44.9 Å². The SMILES string of the molecule is OC(C1CCCC1)C1CCCCN1. The van der Waals surface area contributed by atoms with Crippen LogP contribution in [0.3, 0.4) is 0 Å². The molecule has 2 aliphatic rings. The van der Waals surface area contributed by atoms with Crippen molar-refractivity contribution in [2.75, 3.05) is 6.54 Å². The van der Waals surface area contributed by atoms with Crippen LogP contribution in [0.25, 0.3) is 0 Å². The maximum absolute atomic E-state index is 10.1. The topological polar surface area (TPSA) is 32.3 Å². The summed E-state index contributed by atoms with van der Waals surface area (Å²) in [5.74, 6) is 0.593. The molecule has 0 aromatic heterocycles. The maximum Gasteiger partial charge on any atom is 0.0721 e. The molecule has 0 radical (unpaired) electrons. The number of piperidine rings is 1. The van der Waals surface area contributed by atoms with Gasteiger partial charge in [-0.3, -0.25) is 0 Å². The summed E-state index contributed by atoms with van der Waals surface area (Å²) < 4.78 is 0. The van der Waals surface area contributed by atoms with Crippen LogP contribution in [0.15, 0.2) is 0 Å². The van der Waals surface area contributed by atoms with Gasteiger partial charge in [-0.05, 0) is 38.1 Å². The molecule has 0 amide bonds. The molecular formula is C11H21NO. The smallest absolute Gasteiger partial charge is 0.0721 e. The van der Waals surface area contributed by atoms with Gasteiger partial charge in [0.1, 0.15) is 0 Å². The average molecular weight is 183 g/mol. The molecule has 2 unspecified atom stereocenters. The molecule has 2 nitrogen and oxygen atoms in total. The molecule has 2 N–H and O–H groups in total. The Bertz CT molecular complexity index is 148. The van der Waals surface area contributed by atoms with Crippen LogP contribution in [-0.2, 0) is 0 Å². The van der Waals surface area contributed by atoms with Crippen molar-refractivity contribution < 1.29 is 5.11 Å². The maximum atomic E-state index is 10.1. The van der Waals surface area contributed by atoms with Gasteiger partial charge < -0.3 is 10.4 Å². The Hall–Kier alpha value is -0.0800. The first-order chi connectivity index (χ1) is 6.38. The second-order valence-corrected chi connectivity index (χ2v) is 4.59. The second kappa shape index (κ2) is 4.43. The fourth-order valence-electron chi connectivity index (χ4n) is 2.80. The molecule has 13 heavy (non-hydrogen) atoms. The number of aliphatic hydroxyl groups is 1. The summed E-state index contributed by atoms with van der Waals surface area (Å²) in [6, 6.07) is 0.400. The van der Waals surface area contributed by atoms with Crippen molar-refractivity contribution in [1.29, 1.82) is 0 Å². The van der Waals surface area contributed by atoms with E-state index in [9.17, 15) is 5.11 Å². The number of nitrogens with one attached hydrogen (secondary N) is 1. The predicted octanol–water partition coefficient (Wildman–Crippen LogP) is 1.68. The summed E-state index contributed by atoms with van der Waals surface area (Å²) in [6.45, 7) is 1.11. The molecule has 1 aliphatic carbocycles. The van der Waals surface area contributed by atoms with Gasteiger partial charge in [-0.25, -0.2) is 0 Å². The molecule has 2 rings (SSSR count). The third-order valence-electron chi connectivity index (χ3n) is 3.64. The van der Waals surface area contributed by atoms with E-state index in [1.54, 1.807) is 0 Å². The van der Waals surface area contributed by atoms with E-state index >= 15 is 0 Å². The Morgan fingerprint density at radius 3 is 2.31 bits per heavy atom. The van der Waals surface area contributed by atoms with Crippen LogP contribution >= 0.6 is 0 Å². The average Bonchev–Trinajstić information content (AvgIpc) is 2.71. The minimum atomic E-state index is -0.0669. The van der Waals surface area contributed by atoms with E-state index in [1.165, 1.54) is 44.9 Å². The lowest BCUT2D eigenvalue weighted by Crippen LogP contribution is -2.45. The fraction of sp³-hybridized carbons (Fsp3) is 1.00. The first kappa shape index (κ1) is 9.47. The highest BCUT2D eigenvalue weighted by Gasteiger charge is 2.30. The summed E-state index contributed by atoms with van der Waals surface area (Å²) in [5, 5.41) is 13.6. The lowest BCUT2D eigenvalue weighted by Gasteiger charge is -2.31. The van der Waals surface area contributed by atoms with Crippen LogP contribution in [0.4, 0.5) is 0 Å². The highest BCUT2D eigenvalue weighted by Crippen LogP contribution is 2.30. The monoisotopic (exact) mass is 183 g/mol. The number of hydrogen-bond acceptors (Lipinski definition) is 2. The zero-order chi connectivity index (χ0) is 9.10. The Morgan fingerprint density at radius 1 is 1.00 bits per heavy atom. The first-order valence-corrected chi connectivity index (χ1v) is 5.79. The van der Waals surface area contributed by atoms with Crippen molar-refractivity contribution in [3.8, 4) is 0 Å². The molecule has 0 aromatic carbocycles. The van der Waals surface area contributed by atoms with Gasteiger partial charge in [0.25, 0.3) is 0 Å². The third-order valence-corrected chi connectivity index (χ3v) is 3.64. The lowest BCUT2D eigenvalue weighted by molar-refractivity contribution is 0.0606. The Labute approximate surface area is 80.7 Å². The van der Waals surface area contributed by atoms with E-state index in [1.807, 2.05) is 0 Å². The Kier molecular flexibility index (Phi) is 3.23. The van der Waals surface area contributed by atoms with Crippen LogP contribution in [0.5, 0.6) is 0 Å². The molecule has 76 valence electrons. The standard InChI is InChI=1S/C11H21NO/c13-11(9-5-1-2-6-9)10-7-3-4-8-12-10/h9-13H,1-8H2. The molecule has 1 saturated heterocycles. The highest BCUT2D eigenvalue weighted by atomic mass is 16.3. The van der Waals surface area contributed by atoms with E-state index in [0.717, 1.165) is 6.54 Å². The largest absolute Gasteiger partial charge is 0.391 e. The summed E-state index contributed by atoms with van der Waals surface area (Å²) in [7, 11) is 0. The van der Waals surface area contributed by atoms with Gasteiger partial charge in [-0.15, -0.1) is 0 Å². The normalized spacial score (nSPS) is 33.5. The van der Waals surface area contributed by atoms with Crippen LogP contribution in [0.2, 0.25) is 0 Å². The summed E-state index contributed by atoms with van der Waals surface area (Å²) in [5.41, 5.74) is 0. The molecule has 0 aromatic rings. The van der Waals surface area contributed by atoms with E-state index < -0.39 is 0 Å². The summed E-state index contributed by atoms with van der Waals surface area (Å²) in [4.78, 5) is 0. The molecule has 2 fully saturated rings. The Morgan fingerprint density at radius 2 is 1.69 bits per heavy atom. The number of rotatable bonds is 2. The summed E-state index contributed by atoms with van der Waals surface area (Å²) >= 11 is 0. The van der Waals surface area contributed by atoms with Gasteiger partial charge in [0.05, 0.1) is 6.10 Å². The van der Waals surface area contributed by atoms with Gasteiger partial charge in [0.2, 0.25) is 0 Å². The van der Waals surface area contributed by atoms with Crippen LogP contribution in [-0.4, -0.2) is 23.8 Å². The van der Waals surface area contributed by atoms with E-state index in [4.69, 9.17) is 0 Å². The third kappa shape index (κ3) is 2.23. The Balaban J connectivity index is 1.83. The number of hydrogen-bond donors (Lipinski definition) is 2. The lowest BCUT2D eigenvalue weighted by atomic mass is 9.90. The van der Waals surface area contributed by atoms with E-state index in [0.29, 0.717) is 12.0 Å². The van der Waals surface area contributed by atoms with Crippen molar-refractivity contribution in [3.63, 3.8) is 0 Å². The zero-order valence-electron chi connectivity index (χ0n) is 8.34. The summed E-state index contributed by atoms with van der Waals surface area (Å²) in [6.07, 6.45) is 8.84. The predicted molar refractivity (Wildman–Crippen MR) is 53.6 cm³/mol. The van der Waals surface area contributed by atoms with Gasteiger partial charge in [-0.1, -0.05) is 19.3 Å². The van der Waals surface area contributed by atoms with Crippen molar-refractivity contribution in [2.24, 2.45) is 5.92 Å².